The molecule has 1 rings (SSSR count). The lowest BCUT2D eigenvalue weighted by Gasteiger charge is -2.27. The standard InChI is InChI=1S/C7H15N2O/c1-7-8-3-4-9(7,2)5-6-10/h10H,3-6H2,1-2H3/q+1. The normalized spacial score (nSPS) is 32.5. The van der Waals surface area contributed by atoms with Crippen molar-refractivity contribution in [2.24, 2.45) is 4.99 Å². The molecule has 0 spiro atoms. The van der Waals surface area contributed by atoms with E-state index in [-0.39, 0.29) is 6.61 Å². The third-order valence-electron chi connectivity index (χ3n) is 2.31. The zero-order valence-corrected chi connectivity index (χ0v) is 6.67. The van der Waals surface area contributed by atoms with Crippen LogP contribution in [0.5, 0.6) is 0 Å². The molecule has 0 saturated carbocycles. The summed E-state index contributed by atoms with van der Waals surface area (Å²) in [6.07, 6.45) is 0. The lowest BCUT2D eigenvalue weighted by Crippen LogP contribution is -2.47. The van der Waals surface area contributed by atoms with Crippen LogP contribution in [0.4, 0.5) is 0 Å². The molecule has 1 atom stereocenters. The molecule has 0 radical (unpaired) electrons. The first-order valence-corrected chi connectivity index (χ1v) is 3.66. The van der Waals surface area contributed by atoms with Crippen LogP contribution >= 0.6 is 0 Å². The minimum atomic E-state index is 0.253. The van der Waals surface area contributed by atoms with Crippen LogP contribution in [-0.2, 0) is 0 Å². The second kappa shape index (κ2) is 2.68. The molecule has 10 heavy (non-hydrogen) atoms. The maximum absolute atomic E-state index is 8.74. The van der Waals surface area contributed by atoms with Gasteiger partial charge in [0.25, 0.3) is 0 Å². The van der Waals surface area contributed by atoms with E-state index in [9.17, 15) is 0 Å². The number of aliphatic hydroxyl groups is 1. The number of hydrogen-bond acceptors (Lipinski definition) is 2. The molecular weight excluding hydrogens is 128 g/mol. The third kappa shape index (κ3) is 1.20. The van der Waals surface area contributed by atoms with E-state index < -0.39 is 0 Å². The van der Waals surface area contributed by atoms with Crippen molar-refractivity contribution >= 4 is 5.84 Å². The molecule has 1 N–H and O–H groups in total. The lowest BCUT2D eigenvalue weighted by atomic mass is 10.4. The highest BCUT2D eigenvalue weighted by Gasteiger charge is 2.29. The van der Waals surface area contributed by atoms with Gasteiger partial charge in [-0.15, -0.1) is 0 Å². The molecule has 0 amide bonds. The van der Waals surface area contributed by atoms with Crippen LogP contribution in [0.1, 0.15) is 6.92 Å². The zero-order valence-electron chi connectivity index (χ0n) is 6.67. The highest BCUT2D eigenvalue weighted by Crippen LogP contribution is 2.09. The molecule has 1 heterocycles. The van der Waals surface area contributed by atoms with Gasteiger partial charge in [-0.3, -0.25) is 4.48 Å². The molecule has 0 fully saturated rings. The molecule has 3 nitrogen and oxygen atoms in total. The van der Waals surface area contributed by atoms with Crippen molar-refractivity contribution in [2.45, 2.75) is 6.92 Å². The van der Waals surface area contributed by atoms with Gasteiger partial charge in [-0.05, 0) is 0 Å². The van der Waals surface area contributed by atoms with Crippen LogP contribution in [0.3, 0.4) is 0 Å². The number of rotatable bonds is 2. The fourth-order valence-electron chi connectivity index (χ4n) is 1.26. The number of aliphatic hydroxyl groups excluding tert-OH is 1. The summed E-state index contributed by atoms with van der Waals surface area (Å²) < 4.78 is 0.830. The van der Waals surface area contributed by atoms with E-state index in [1.807, 2.05) is 6.92 Å². The van der Waals surface area contributed by atoms with Crippen molar-refractivity contribution < 1.29 is 9.59 Å². The molecule has 0 saturated heterocycles. The summed E-state index contributed by atoms with van der Waals surface area (Å²) in [5, 5.41) is 8.74. The summed E-state index contributed by atoms with van der Waals surface area (Å²) in [6, 6.07) is 0. The van der Waals surface area contributed by atoms with Crippen molar-refractivity contribution in [3.8, 4) is 0 Å². The molecule has 0 aromatic heterocycles. The van der Waals surface area contributed by atoms with Gasteiger partial charge in [0.1, 0.15) is 13.1 Å². The van der Waals surface area contributed by atoms with E-state index in [2.05, 4.69) is 12.0 Å². The summed E-state index contributed by atoms with van der Waals surface area (Å²) in [5.41, 5.74) is 0. The number of amidine groups is 1. The van der Waals surface area contributed by atoms with Gasteiger partial charge < -0.3 is 5.11 Å². The number of likely N-dealkylation sites (N-methyl/N-ethyl adjacent to an activating group) is 1. The molecule has 0 aliphatic carbocycles. The fourth-order valence-corrected chi connectivity index (χ4v) is 1.26. The van der Waals surface area contributed by atoms with E-state index in [1.54, 1.807) is 0 Å². The summed E-state index contributed by atoms with van der Waals surface area (Å²) >= 11 is 0. The van der Waals surface area contributed by atoms with Gasteiger partial charge in [-0.25, -0.2) is 4.99 Å². The molecule has 1 aliphatic rings. The minimum Gasteiger partial charge on any atom is -0.390 e. The molecule has 0 aromatic rings. The number of nitrogens with zero attached hydrogens (tertiary/aromatic N) is 2. The SMILES string of the molecule is CC1=NCC[N+]1(C)CCO. The Morgan fingerprint density at radius 3 is 2.80 bits per heavy atom. The quantitative estimate of drug-likeness (QED) is 0.536. The number of quaternary nitrogens is 1. The Morgan fingerprint density at radius 2 is 2.40 bits per heavy atom. The van der Waals surface area contributed by atoms with Gasteiger partial charge in [0.15, 0.2) is 5.84 Å². The highest BCUT2D eigenvalue weighted by molar-refractivity contribution is 5.73. The average Bonchev–Trinajstić information content (AvgIpc) is 2.15. The summed E-state index contributed by atoms with van der Waals surface area (Å²) in [5.74, 6) is 1.15. The summed E-state index contributed by atoms with van der Waals surface area (Å²) in [7, 11) is 2.11. The third-order valence-corrected chi connectivity index (χ3v) is 2.31. The van der Waals surface area contributed by atoms with Crippen molar-refractivity contribution in [1.29, 1.82) is 0 Å². The summed E-state index contributed by atoms with van der Waals surface area (Å²) in [6.45, 7) is 5.05. The second-order valence-corrected chi connectivity index (χ2v) is 3.00. The zero-order chi connectivity index (χ0) is 7.61. The van der Waals surface area contributed by atoms with Gasteiger partial charge in [-0.2, -0.15) is 0 Å². The molecule has 0 aromatic carbocycles. The van der Waals surface area contributed by atoms with Gasteiger partial charge in [0.2, 0.25) is 0 Å². The second-order valence-electron chi connectivity index (χ2n) is 3.00. The van der Waals surface area contributed by atoms with Crippen LogP contribution < -0.4 is 0 Å². The highest BCUT2D eigenvalue weighted by atomic mass is 16.3. The van der Waals surface area contributed by atoms with E-state index >= 15 is 0 Å². The van der Waals surface area contributed by atoms with E-state index in [1.165, 1.54) is 0 Å². The first-order chi connectivity index (χ1) is 4.69. The predicted octanol–water partition coefficient (Wildman–Crippen LogP) is -0.143. The van der Waals surface area contributed by atoms with Gasteiger partial charge in [0, 0.05) is 6.92 Å². The van der Waals surface area contributed by atoms with Crippen LogP contribution in [-0.4, -0.2) is 48.7 Å². The monoisotopic (exact) mass is 143 g/mol. The Kier molecular flexibility index (Phi) is 2.06. The van der Waals surface area contributed by atoms with E-state index in [0.29, 0.717) is 0 Å². The lowest BCUT2D eigenvalue weighted by molar-refractivity contribution is -0.815. The van der Waals surface area contributed by atoms with E-state index in [4.69, 9.17) is 5.11 Å². The average molecular weight is 143 g/mol. The van der Waals surface area contributed by atoms with Crippen molar-refractivity contribution in [1.82, 2.24) is 0 Å². The molecule has 1 aliphatic heterocycles. The predicted molar refractivity (Wildman–Crippen MR) is 41.0 cm³/mol. The Hall–Kier alpha value is -0.410. The maximum Gasteiger partial charge on any atom is 0.195 e. The molecule has 1 unspecified atom stereocenters. The van der Waals surface area contributed by atoms with Gasteiger partial charge in [0.05, 0.1) is 20.2 Å². The van der Waals surface area contributed by atoms with E-state index in [0.717, 1.165) is 30.0 Å². The molecular formula is C7H15N2O+. The molecule has 58 valence electrons. The number of hydrogen-bond donors (Lipinski definition) is 1. The minimum absolute atomic E-state index is 0.253. The van der Waals surface area contributed by atoms with Crippen molar-refractivity contribution in [3.05, 3.63) is 0 Å². The van der Waals surface area contributed by atoms with Crippen LogP contribution in [0.15, 0.2) is 4.99 Å². The van der Waals surface area contributed by atoms with Crippen LogP contribution in [0.2, 0.25) is 0 Å². The largest absolute Gasteiger partial charge is 0.390 e. The topological polar surface area (TPSA) is 32.6 Å². The number of aliphatic imine (C=N–C) groups is 1. The van der Waals surface area contributed by atoms with Crippen LogP contribution in [0.25, 0.3) is 0 Å². The van der Waals surface area contributed by atoms with Crippen molar-refractivity contribution in [2.75, 3.05) is 33.3 Å². The Bertz CT molecular complexity index is 156. The van der Waals surface area contributed by atoms with Gasteiger partial charge in [-0.1, -0.05) is 0 Å². The Labute approximate surface area is 61.6 Å². The van der Waals surface area contributed by atoms with Crippen LogP contribution in [0, 0.1) is 0 Å². The first kappa shape index (κ1) is 7.69. The van der Waals surface area contributed by atoms with Crippen molar-refractivity contribution in [3.63, 3.8) is 0 Å². The maximum atomic E-state index is 8.74. The first-order valence-electron chi connectivity index (χ1n) is 3.66. The summed E-state index contributed by atoms with van der Waals surface area (Å²) in [4.78, 5) is 4.29. The Balaban J connectivity index is 2.59. The van der Waals surface area contributed by atoms with Gasteiger partial charge >= 0.3 is 0 Å². The smallest absolute Gasteiger partial charge is 0.195 e. The fraction of sp³-hybridized carbons (Fsp3) is 0.857. The molecule has 0 bridgehead atoms. The molecule has 3 heteroatoms. The Morgan fingerprint density at radius 1 is 1.70 bits per heavy atom.